The van der Waals surface area contributed by atoms with Gasteiger partial charge >= 0.3 is 12.1 Å². The van der Waals surface area contributed by atoms with Crippen LogP contribution in [0.15, 0.2) is 119 Å². The molecule has 4 atom stereocenters. The van der Waals surface area contributed by atoms with Crippen molar-refractivity contribution in [3.05, 3.63) is 148 Å². The van der Waals surface area contributed by atoms with Gasteiger partial charge in [-0.05, 0) is 123 Å². The van der Waals surface area contributed by atoms with E-state index in [1.54, 1.807) is 39.2 Å². The van der Waals surface area contributed by atoms with Crippen molar-refractivity contribution in [2.45, 2.75) is 115 Å². The number of amides is 4. The average molecular weight is 1090 g/mol. The predicted octanol–water partition coefficient (Wildman–Crippen LogP) is 5.72. The molecule has 5 aromatic rings. The molecule has 0 aromatic heterocycles. The molecule has 0 bridgehead atoms. The van der Waals surface area contributed by atoms with Crippen LogP contribution in [0.2, 0.25) is 0 Å². The zero-order valence-corrected chi connectivity index (χ0v) is 45.8. The number of ether oxygens (including phenoxy) is 3. The van der Waals surface area contributed by atoms with Gasteiger partial charge < -0.3 is 52.1 Å². The maximum absolute atomic E-state index is 14.6. The van der Waals surface area contributed by atoms with Crippen LogP contribution in [-0.2, 0) is 59.8 Å². The second-order valence-electron chi connectivity index (χ2n) is 20.0. The van der Waals surface area contributed by atoms with E-state index in [0.717, 1.165) is 27.5 Å². The molecule has 0 fully saturated rings. The number of benzene rings is 5. The Morgan fingerprint density at radius 3 is 2.19 bits per heavy atom. The third kappa shape index (κ3) is 16.8. The van der Waals surface area contributed by atoms with Crippen LogP contribution in [-0.4, -0.2) is 99.7 Å². The maximum atomic E-state index is 14.6. The van der Waals surface area contributed by atoms with E-state index >= 15 is 0 Å². The number of methoxy groups -OCH3 is 1. The van der Waals surface area contributed by atoms with Crippen LogP contribution in [0, 0.1) is 26.7 Å². The summed E-state index contributed by atoms with van der Waals surface area (Å²) in [5.41, 5.74) is 17.3. The molecule has 19 nitrogen and oxygen atoms in total. The van der Waals surface area contributed by atoms with Crippen molar-refractivity contribution in [3.8, 4) is 11.5 Å². The quantitative estimate of drug-likeness (QED) is 0.0142. The second-order valence-corrected chi connectivity index (χ2v) is 21.6. The Kier molecular flexibility index (Phi) is 20.8. The van der Waals surface area contributed by atoms with E-state index in [1.165, 1.54) is 0 Å². The monoisotopic (exact) mass is 1090 g/mol. The molecular weight excluding hydrogens is 1020 g/mol. The summed E-state index contributed by atoms with van der Waals surface area (Å²) in [4.78, 5) is 71.5. The summed E-state index contributed by atoms with van der Waals surface area (Å²) in [6.07, 6.45) is 4.15. The first-order valence-corrected chi connectivity index (χ1v) is 27.4. The van der Waals surface area contributed by atoms with Crippen molar-refractivity contribution in [2.75, 3.05) is 26.7 Å². The molecule has 0 saturated carbocycles. The number of hydrogen-bond donors (Lipinski definition) is 8. The smallest absolute Gasteiger partial charge is 0.407 e. The van der Waals surface area contributed by atoms with E-state index in [4.69, 9.17) is 25.7 Å². The Morgan fingerprint density at radius 1 is 0.782 bits per heavy atom. The van der Waals surface area contributed by atoms with Gasteiger partial charge in [0, 0.05) is 37.5 Å². The van der Waals surface area contributed by atoms with Gasteiger partial charge in [0.05, 0.1) is 17.9 Å². The lowest BCUT2D eigenvalue weighted by molar-refractivity contribution is -0.138. The van der Waals surface area contributed by atoms with Gasteiger partial charge in [-0.3, -0.25) is 24.2 Å². The first-order valence-electron chi connectivity index (χ1n) is 25.9. The van der Waals surface area contributed by atoms with Gasteiger partial charge in [-0.15, -0.1) is 0 Å². The number of nitrogens with two attached hydrogens (primary N) is 2. The third-order valence-electron chi connectivity index (χ3n) is 13.4. The van der Waals surface area contributed by atoms with Gasteiger partial charge in [-0.2, -0.15) is 0 Å². The number of sulfonamides is 1. The van der Waals surface area contributed by atoms with Crippen molar-refractivity contribution in [3.63, 3.8) is 0 Å². The third-order valence-corrected chi connectivity index (χ3v) is 15.1. The van der Waals surface area contributed by atoms with E-state index in [9.17, 15) is 37.5 Å². The Balaban J connectivity index is 1.23. The fraction of sp³-hybridized carbons (Fsp3) is 0.379. The van der Waals surface area contributed by atoms with Gasteiger partial charge in [0.15, 0.2) is 0 Å². The SMILES string of the molecule is COc1ccc(C[C@@H](N)/C=C/[C@H](CCCNC(=O)OCc2ccccc2)C(=O)N[C@@H](CCCN=C(N)NS(=O)(=O)c2c(C)c(C)c3c(c2C)CC(C)(C)O3)C(=O)N[C@@H](Cc2cccc3ccccc23)C(=O)NCC(=O)O)cc1. The summed E-state index contributed by atoms with van der Waals surface area (Å²) in [5, 5.41) is 21.9. The molecule has 4 amide bonds. The van der Waals surface area contributed by atoms with Crippen LogP contribution in [0.1, 0.15) is 78.5 Å². The number of carboxylic acid groups (broad SMARTS) is 1. The van der Waals surface area contributed by atoms with Crippen molar-refractivity contribution < 1.29 is 51.7 Å². The number of carbonyl (C=O) groups excluding carboxylic acids is 4. The molecule has 6 rings (SSSR count). The Labute approximate surface area is 456 Å². The van der Waals surface area contributed by atoms with Crippen LogP contribution in [0.5, 0.6) is 11.5 Å². The van der Waals surface area contributed by atoms with Gasteiger partial charge in [0.1, 0.15) is 42.3 Å². The highest BCUT2D eigenvalue weighted by Gasteiger charge is 2.37. The highest BCUT2D eigenvalue weighted by atomic mass is 32.2. The highest BCUT2D eigenvalue weighted by Crippen LogP contribution is 2.43. The number of nitrogens with one attached hydrogen (secondary N) is 5. The fourth-order valence-corrected chi connectivity index (χ4v) is 10.9. The van der Waals surface area contributed by atoms with Crippen molar-refractivity contribution >= 4 is 56.5 Å². The van der Waals surface area contributed by atoms with Crippen LogP contribution in [0.3, 0.4) is 0 Å². The summed E-state index contributed by atoms with van der Waals surface area (Å²) in [6.45, 7) is 8.54. The first-order chi connectivity index (χ1) is 37.1. The Hall–Kier alpha value is -7.97. The van der Waals surface area contributed by atoms with Gasteiger partial charge in [-0.1, -0.05) is 97.1 Å². The number of fused-ring (bicyclic) bond motifs is 2. The number of rotatable bonds is 26. The zero-order valence-electron chi connectivity index (χ0n) is 45.0. The molecule has 0 radical (unpaired) electrons. The molecule has 78 heavy (non-hydrogen) atoms. The minimum absolute atomic E-state index is 0.0358. The number of carboxylic acids is 1. The standard InChI is InChI=1S/C58H72N8O11S/c1-36-37(2)52(38(3)47-33-58(4,5)77-51(36)47)78(73,74)66-56(60)61-29-14-22-48(55(71)65-49(54(70)63-34-50(67)68)32-43-19-12-18-41-17-10-11-21-46(41)43)64-53(69)42(25-26-44(59)31-39-23-27-45(75-6)28-24-39)20-13-30-62-57(72)76-35-40-15-8-7-9-16-40/h7-12,15-19,21,23-28,42,44,48-49H,13-14,20,22,29-35,59H2,1-6H3,(H,62,72)(H,63,70)(H,64,69)(H,65,71)(H,67,68)(H3,60,61,66)/b26-25+/t42-,44-,48-,49-/m0/s1. The number of hydrogen-bond acceptors (Lipinski definition) is 12. The van der Waals surface area contributed by atoms with Crippen LogP contribution in [0.25, 0.3) is 10.8 Å². The highest BCUT2D eigenvalue weighted by molar-refractivity contribution is 7.90. The minimum Gasteiger partial charge on any atom is -0.497 e. The molecule has 1 aliphatic heterocycles. The largest absolute Gasteiger partial charge is 0.497 e. The normalized spacial score (nSPS) is 14.5. The predicted molar refractivity (Wildman–Crippen MR) is 298 cm³/mol. The van der Waals surface area contributed by atoms with E-state index < -0.39 is 82.0 Å². The van der Waals surface area contributed by atoms with E-state index in [-0.39, 0.29) is 50.3 Å². The number of nitrogens with zero attached hydrogens (tertiary/aromatic N) is 1. The van der Waals surface area contributed by atoms with E-state index in [1.807, 2.05) is 112 Å². The molecule has 1 aliphatic rings. The minimum atomic E-state index is -4.24. The van der Waals surface area contributed by atoms with E-state index in [0.29, 0.717) is 53.0 Å². The summed E-state index contributed by atoms with van der Waals surface area (Å²) in [5.74, 6) is -3.32. The molecule has 0 saturated heterocycles. The van der Waals surface area contributed by atoms with Crippen LogP contribution < -0.4 is 46.9 Å². The molecule has 1 heterocycles. The van der Waals surface area contributed by atoms with Gasteiger partial charge in [0.2, 0.25) is 23.7 Å². The molecule has 416 valence electrons. The molecule has 0 spiro atoms. The van der Waals surface area contributed by atoms with E-state index in [2.05, 4.69) is 31.0 Å². The lowest BCUT2D eigenvalue weighted by Gasteiger charge is -2.25. The Bertz CT molecular complexity index is 3110. The van der Waals surface area contributed by atoms with Crippen LogP contribution in [0.4, 0.5) is 4.79 Å². The number of alkyl carbamates (subject to hydrolysis) is 1. The Morgan fingerprint density at radius 2 is 1.47 bits per heavy atom. The molecule has 5 aromatic carbocycles. The average Bonchev–Trinajstić information content (AvgIpc) is 4.00. The van der Waals surface area contributed by atoms with Gasteiger partial charge in [-0.25, -0.2) is 17.9 Å². The molecular formula is C58H72N8O11S. The van der Waals surface area contributed by atoms with Crippen LogP contribution >= 0.6 is 0 Å². The lowest BCUT2D eigenvalue weighted by atomic mass is 9.94. The first kappa shape index (κ1) is 59.3. The second kappa shape index (κ2) is 27.4. The van der Waals surface area contributed by atoms with Crippen molar-refractivity contribution in [1.29, 1.82) is 0 Å². The fourth-order valence-electron chi connectivity index (χ4n) is 9.35. The molecule has 0 unspecified atom stereocenters. The molecule has 10 N–H and O–H groups in total. The topological polar surface area (TPSA) is 292 Å². The lowest BCUT2D eigenvalue weighted by Crippen LogP contribution is -2.55. The van der Waals surface area contributed by atoms with Crippen molar-refractivity contribution in [2.24, 2.45) is 22.4 Å². The maximum Gasteiger partial charge on any atom is 0.407 e. The molecule has 20 heteroatoms. The summed E-state index contributed by atoms with van der Waals surface area (Å²) in [6, 6.07) is 26.5. The zero-order chi connectivity index (χ0) is 56.6. The number of aliphatic carboxylic acids is 1. The summed E-state index contributed by atoms with van der Waals surface area (Å²) in [7, 11) is -2.66. The summed E-state index contributed by atoms with van der Waals surface area (Å²) < 4.78 is 47.1. The van der Waals surface area contributed by atoms with Gasteiger partial charge in [0.25, 0.3) is 10.0 Å². The summed E-state index contributed by atoms with van der Waals surface area (Å²) >= 11 is 0. The number of aliphatic imine (C=N–C) groups is 1. The number of guanidine groups is 1. The molecule has 0 aliphatic carbocycles. The number of carbonyl (C=O) groups is 5. The van der Waals surface area contributed by atoms with Crippen molar-refractivity contribution in [1.82, 2.24) is 26.0 Å².